The monoisotopic (exact) mass is 1960 g/mol. The molecule has 14 nitrogen and oxygen atoms in total. The lowest BCUT2D eigenvalue weighted by Gasteiger charge is -2.10. The molecule has 0 aliphatic rings. The molecule has 0 N–H and O–H groups in total. The molecule has 0 fully saturated rings. The molecular weight excluding hydrogens is 1850 g/mol. The zero-order chi connectivity index (χ0) is 121. The average molecular weight is 1960 g/mol. The SMILES string of the molecule is [2H]c1c([2H])c([2H])c2c(c1[2H])c1c([2H])c([2H])c([2H])c3c4c([2H])c5oc6cccc(-c7cccc(-c8nc(-c9ccccc9)nc(-c9ccccc9)n8)c7)c6c5c([2H])c4n2c13.[2H]c1c([2H])c([2H])c2c(c1[2H])c1c([2H])c3c4cc(-c5cccc(-c6nc(-c7ccccc7)nc(-c7ccccc7)n6)c5)ccc4sc3c3c4c([2H])c([2H])c([2H])c([2H])c4n2c13.[2H]c1c([2H])c([2H])c2c(c1[2H])c1c3oc4ccccc4c3c([2H])c3c4c([2H])c(-c5cccc(-c6nc(-c7ccccc7)nc(-c7ccccc7)n6)c5)c([2H])c([2H])c4n2c31. The fourth-order valence-corrected chi connectivity index (χ4v) is 22.3. The van der Waals surface area contributed by atoms with Crippen molar-refractivity contribution < 1.29 is 44.5 Å². The van der Waals surface area contributed by atoms with Crippen molar-refractivity contribution in [3.8, 4) is 136 Å². The standard InChI is InChI=1S/2C45H26N4O.C45H26N4S/c1-3-12-27(13-4-1)43-46-44(28-14-5-2-6-15-28)48-45(47-43)31-17-11-16-29(24-31)30-22-23-38-34(25-30)35-26-36-32-18-8-10-21-39(32)50-42(36)40-33-19-7-9-20-37(33)49(38)41(35)40;1-3-12-27(13-4-1)43-46-44(28-14-5-2-6-15-28)48-45(47-43)30-17-9-16-29(24-30)31-19-11-23-39-41(31)36-25-38-35(26-40(36)50-39)34-21-10-20-33-32-18-7-8-22-37(32)49(38)42(33)34;1-3-12-27(13-4-1)43-46-44(28-14-5-2-6-15-28)48-45(47-43)31-17-11-16-29(24-31)30-22-23-39-34(25-30)36-26-35-32-18-7-9-20-37(32)49-38-21-10-8-19-33(38)40(41(35)49)42(36)50-39/h3*1-26H/i7D,9D,19D,20D,22D,23D,25D,26D;7D,8D,10D,18D,20D,21D,22D,25D,26D;7D,8D,9D,10D,18D,19D,20D,21D,26D. The Balaban J connectivity index is 0.000000113. The van der Waals surface area contributed by atoms with E-state index >= 15 is 0 Å². The van der Waals surface area contributed by atoms with Gasteiger partial charge in [-0.1, -0.05) is 370 Å². The summed E-state index contributed by atoms with van der Waals surface area (Å²) in [6.07, 6.45) is 0. The van der Waals surface area contributed by atoms with Gasteiger partial charge in [0.2, 0.25) is 0 Å². The van der Waals surface area contributed by atoms with Gasteiger partial charge in [-0.15, -0.1) is 11.3 Å². The number of thiophene rings is 1. The molecule has 0 amide bonds. The summed E-state index contributed by atoms with van der Waals surface area (Å²) in [5, 5.41) is 5.77. The number of aromatic nitrogens is 12. The highest BCUT2D eigenvalue weighted by molar-refractivity contribution is 7.27. The second-order valence-electron chi connectivity index (χ2n) is 36.4. The second-order valence-corrected chi connectivity index (χ2v) is 37.5. The Bertz CT molecular complexity index is 12900. The number of benzene rings is 21. The first kappa shape index (κ1) is 62.4. The van der Waals surface area contributed by atoms with Gasteiger partial charge in [0.05, 0.1) is 90.7 Å². The Morgan fingerprint density at radius 1 is 0.193 bits per heavy atom. The highest BCUT2D eigenvalue weighted by Crippen LogP contribution is 2.52. The maximum atomic E-state index is 9.88. The van der Waals surface area contributed by atoms with Crippen LogP contribution >= 0.6 is 11.3 Å². The molecule has 15 heteroatoms. The molecule has 12 heterocycles. The number of furan rings is 2. The second kappa shape index (κ2) is 33.7. The number of nitrogens with zero attached hydrogens (tertiary/aromatic N) is 12. The fraction of sp³-hybridized carbons (Fsp3) is 0. The first-order valence-corrected chi connectivity index (χ1v) is 49.1. The average Bonchev–Trinajstić information content (AvgIpc) is 1.50. The van der Waals surface area contributed by atoms with Crippen LogP contribution < -0.4 is 0 Å². The first-order valence-electron chi connectivity index (χ1n) is 61.2. The first-order chi connectivity index (χ1) is 85.2. The normalized spacial score (nSPS) is 14.4. The molecular formula is C135H78N12O2S. The third kappa shape index (κ3) is 13.5. The minimum absolute atomic E-state index is 0.0135. The summed E-state index contributed by atoms with van der Waals surface area (Å²) in [6.45, 7) is 0. The predicted octanol–water partition coefficient (Wildman–Crippen LogP) is 35.2. The number of para-hydroxylation sites is 6. The van der Waals surface area contributed by atoms with Crippen molar-refractivity contribution >= 4 is 190 Å². The largest absolute Gasteiger partial charge is 0.456 e. The number of fused-ring (bicyclic) bond motifs is 29. The van der Waals surface area contributed by atoms with Crippen LogP contribution in [0.2, 0.25) is 0 Å². The predicted molar refractivity (Wildman–Crippen MR) is 616 cm³/mol. The van der Waals surface area contributed by atoms with Gasteiger partial charge < -0.3 is 22.0 Å². The van der Waals surface area contributed by atoms with Gasteiger partial charge in [-0.3, -0.25) is 0 Å². The van der Waals surface area contributed by atoms with Gasteiger partial charge in [0.25, 0.3) is 0 Å². The quantitative estimate of drug-likeness (QED) is 0.115. The van der Waals surface area contributed by atoms with Crippen molar-refractivity contribution in [2.24, 2.45) is 0 Å². The highest BCUT2D eigenvalue weighted by atomic mass is 32.1. The lowest BCUT2D eigenvalue weighted by Crippen LogP contribution is -2.00. The van der Waals surface area contributed by atoms with Gasteiger partial charge in [-0.05, 0) is 136 Å². The van der Waals surface area contributed by atoms with Crippen LogP contribution in [0.25, 0.3) is 314 Å². The molecule has 0 aliphatic heterocycles. The van der Waals surface area contributed by atoms with Gasteiger partial charge in [-0.25, -0.2) is 44.9 Å². The molecule has 0 bridgehead atoms. The van der Waals surface area contributed by atoms with Gasteiger partial charge in [-0.2, -0.15) is 0 Å². The van der Waals surface area contributed by atoms with Gasteiger partial charge >= 0.3 is 0 Å². The minimum Gasteiger partial charge on any atom is -0.456 e. The Kier molecular flexibility index (Phi) is 14.0. The van der Waals surface area contributed by atoms with Crippen LogP contribution in [0.1, 0.15) is 35.6 Å². The Hall–Kier alpha value is -20.1. The molecule has 0 unspecified atom stereocenters. The number of hydrogen-bond acceptors (Lipinski definition) is 12. The van der Waals surface area contributed by atoms with Crippen molar-refractivity contribution in [3.05, 3.63) is 473 Å². The van der Waals surface area contributed by atoms with Crippen LogP contribution in [0.3, 0.4) is 0 Å². The molecule has 21 aromatic carbocycles. The molecule has 0 saturated carbocycles. The third-order valence-electron chi connectivity index (χ3n) is 27.8. The van der Waals surface area contributed by atoms with Gasteiger partial charge in [0, 0.05) is 151 Å². The van der Waals surface area contributed by atoms with E-state index in [1.165, 1.54) is 24.5 Å². The molecule has 150 heavy (non-hydrogen) atoms. The van der Waals surface area contributed by atoms with Crippen molar-refractivity contribution in [3.63, 3.8) is 0 Å². The lowest BCUT2D eigenvalue weighted by atomic mass is 9.97. The summed E-state index contributed by atoms with van der Waals surface area (Å²) in [5.41, 5.74) is 13.6. The van der Waals surface area contributed by atoms with Gasteiger partial charge in [0.1, 0.15) is 22.3 Å². The molecule has 0 saturated heterocycles. The number of rotatable bonds is 12. The minimum atomic E-state index is -0.500. The third-order valence-corrected chi connectivity index (χ3v) is 29.0. The summed E-state index contributed by atoms with van der Waals surface area (Å²) < 4.78 is 254. The van der Waals surface area contributed by atoms with E-state index in [9.17, 15) is 9.60 Å². The Labute approximate surface area is 895 Å². The summed E-state index contributed by atoms with van der Waals surface area (Å²) in [4.78, 5) is 43.8. The molecule has 12 aromatic heterocycles. The topological polar surface area (TPSA) is 156 Å². The van der Waals surface area contributed by atoms with Crippen LogP contribution in [0.5, 0.6) is 0 Å². The Morgan fingerprint density at radius 3 is 1.10 bits per heavy atom. The fourth-order valence-electron chi connectivity index (χ4n) is 21.1. The smallest absolute Gasteiger partial charge is 0.164 e. The van der Waals surface area contributed by atoms with Crippen molar-refractivity contribution in [2.75, 3.05) is 0 Å². The van der Waals surface area contributed by atoms with Crippen LogP contribution in [0, 0.1) is 0 Å². The molecule has 0 atom stereocenters. The van der Waals surface area contributed by atoms with E-state index in [1.807, 2.05) is 285 Å². The van der Waals surface area contributed by atoms with E-state index in [2.05, 4.69) is 0 Å². The van der Waals surface area contributed by atoms with Gasteiger partial charge in [0.15, 0.2) is 52.4 Å². The van der Waals surface area contributed by atoms with E-state index in [4.69, 9.17) is 79.7 Å². The molecule has 33 aromatic rings. The van der Waals surface area contributed by atoms with E-state index < -0.39 is 60.4 Å². The summed E-state index contributed by atoms with van der Waals surface area (Å²) >= 11 is 1.41. The van der Waals surface area contributed by atoms with E-state index in [0.29, 0.717) is 145 Å². The van der Waals surface area contributed by atoms with Crippen molar-refractivity contribution in [2.45, 2.75) is 0 Å². The van der Waals surface area contributed by atoms with Crippen LogP contribution in [0.4, 0.5) is 0 Å². The van der Waals surface area contributed by atoms with Crippen molar-refractivity contribution in [1.82, 2.24) is 58.1 Å². The van der Waals surface area contributed by atoms with Crippen LogP contribution in [0.15, 0.2) is 481 Å². The van der Waals surface area contributed by atoms with E-state index in [1.54, 1.807) is 30.3 Å². The molecule has 0 spiro atoms. The van der Waals surface area contributed by atoms with Crippen LogP contribution in [-0.2, 0) is 0 Å². The van der Waals surface area contributed by atoms with E-state index in [0.717, 1.165) is 65.7 Å². The maximum Gasteiger partial charge on any atom is 0.164 e. The summed E-state index contributed by atoms with van der Waals surface area (Å²) in [5.74, 6) is 4.42. The van der Waals surface area contributed by atoms with Crippen LogP contribution in [-0.4, -0.2) is 58.1 Å². The zero-order valence-corrected chi connectivity index (χ0v) is 78.9. The number of hydrogen-bond donors (Lipinski definition) is 0. The molecule has 696 valence electrons. The molecule has 0 aliphatic carbocycles. The summed E-state index contributed by atoms with van der Waals surface area (Å²) in [7, 11) is 0. The molecule has 0 radical (unpaired) electrons. The van der Waals surface area contributed by atoms with E-state index in [-0.39, 0.29) is 201 Å². The lowest BCUT2D eigenvalue weighted by molar-refractivity contribution is 0.669. The Morgan fingerprint density at radius 2 is 0.567 bits per heavy atom. The van der Waals surface area contributed by atoms with Crippen molar-refractivity contribution in [1.29, 1.82) is 0 Å². The maximum absolute atomic E-state index is 9.88. The highest BCUT2D eigenvalue weighted by Gasteiger charge is 2.29. The summed E-state index contributed by atoms with van der Waals surface area (Å²) in [6, 6.07) is 91.5. The zero-order valence-electron chi connectivity index (χ0n) is 104. The molecule has 33 rings (SSSR count).